The van der Waals surface area contributed by atoms with E-state index in [1.54, 1.807) is 4.90 Å². The van der Waals surface area contributed by atoms with Gasteiger partial charge in [0.2, 0.25) is 0 Å². The number of benzene rings is 3. The first kappa shape index (κ1) is 33.6. The molecule has 4 aromatic rings. The Morgan fingerprint density at radius 1 is 0.800 bits per heavy atom. The molecule has 10 heteroatoms. The van der Waals surface area contributed by atoms with E-state index in [1.165, 1.54) is 0 Å². The van der Waals surface area contributed by atoms with E-state index >= 15 is 0 Å². The quantitative estimate of drug-likeness (QED) is 0.183. The SMILES string of the molecule is C[C@H]1C[C@@H](c2nc3cc(C#Cc4ccc5c6c(ccc5c4)NC([C@@H]4C[C@H](C)CN4C(=O)OC(C)(C)C)N6)ccc3[nH]2)N(C(=O)OC(C)(C)C)C1. The summed E-state index contributed by atoms with van der Waals surface area (Å²) in [5, 5.41) is 9.51. The standard InChI is InChI=1S/C40H48N6O4/c1-23-17-32(45(21-23)37(47)49-39(3,4)5)35-41-29-15-12-26(20-31(29)43-35)10-9-25-11-14-28-27(19-25)13-16-30-34(28)44-36(42-30)33-18-24(2)22-46(33)38(48)50-40(6,7)8/h11-16,19-20,23-24,32-33,36,42,44H,17-18,21-22H2,1-8H3,(H,41,43)/t23-,24-,32-,33-,36?/m0/s1. The number of rotatable bonds is 2. The number of nitrogens with zero attached hydrogens (tertiary/aromatic N) is 3. The third-order valence-electron chi connectivity index (χ3n) is 9.50. The minimum absolute atomic E-state index is 0.0268. The maximum atomic E-state index is 13.1. The Morgan fingerprint density at radius 2 is 1.44 bits per heavy atom. The van der Waals surface area contributed by atoms with E-state index in [1.807, 2.05) is 70.7 Å². The van der Waals surface area contributed by atoms with Crippen LogP contribution in [-0.4, -0.2) is 68.5 Å². The van der Waals surface area contributed by atoms with E-state index < -0.39 is 11.2 Å². The summed E-state index contributed by atoms with van der Waals surface area (Å²) in [5.74, 6) is 8.17. The fraction of sp³-hybridized carbons (Fsp3) is 0.475. The highest BCUT2D eigenvalue weighted by molar-refractivity contribution is 6.02. The Balaban J connectivity index is 1.07. The molecule has 1 aromatic heterocycles. The van der Waals surface area contributed by atoms with Crippen LogP contribution in [0, 0.1) is 23.7 Å². The van der Waals surface area contributed by atoms with Gasteiger partial charge in [-0.1, -0.05) is 37.8 Å². The zero-order valence-electron chi connectivity index (χ0n) is 30.3. The summed E-state index contributed by atoms with van der Waals surface area (Å²) in [6.07, 6.45) is 1.04. The molecule has 3 aliphatic rings. The molecule has 2 saturated heterocycles. The minimum atomic E-state index is -0.557. The van der Waals surface area contributed by atoms with Gasteiger partial charge in [0, 0.05) is 29.6 Å². The third kappa shape index (κ3) is 6.91. The highest BCUT2D eigenvalue weighted by atomic mass is 16.6. The molecule has 5 atom stereocenters. The van der Waals surface area contributed by atoms with E-state index in [0.29, 0.717) is 24.9 Å². The average Bonchev–Trinajstić information content (AvgIpc) is 3.81. The first-order chi connectivity index (χ1) is 23.6. The highest BCUT2D eigenvalue weighted by Crippen LogP contribution is 2.40. The van der Waals surface area contributed by atoms with Crippen LogP contribution < -0.4 is 10.6 Å². The normalized spacial score (nSPS) is 23.3. The molecule has 0 aliphatic carbocycles. The number of aromatic nitrogens is 2. The lowest BCUT2D eigenvalue weighted by molar-refractivity contribution is 0.0204. The van der Waals surface area contributed by atoms with Crippen molar-refractivity contribution in [2.45, 2.75) is 97.7 Å². The number of hydrogen-bond acceptors (Lipinski definition) is 7. The van der Waals surface area contributed by atoms with Crippen molar-refractivity contribution in [2.24, 2.45) is 11.8 Å². The summed E-state index contributed by atoms with van der Waals surface area (Å²) < 4.78 is 11.4. The predicted molar refractivity (Wildman–Crippen MR) is 197 cm³/mol. The second-order valence-electron chi connectivity index (χ2n) is 16.3. The number of carbonyl (C=O) groups is 2. The zero-order valence-corrected chi connectivity index (χ0v) is 30.3. The first-order valence-corrected chi connectivity index (χ1v) is 17.7. The average molecular weight is 677 g/mol. The summed E-state index contributed by atoms with van der Waals surface area (Å²) in [5.41, 5.74) is 4.47. The number of aromatic amines is 1. The number of H-pyrrole nitrogens is 1. The number of imidazole rings is 1. The molecule has 3 aliphatic heterocycles. The van der Waals surface area contributed by atoms with Gasteiger partial charge in [0.15, 0.2) is 0 Å². The van der Waals surface area contributed by atoms with Gasteiger partial charge < -0.3 is 30.0 Å². The number of carbonyl (C=O) groups excluding carboxylic acids is 2. The number of likely N-dealkylation sites (tertiary alicyclic amines) is 2. The Labute approximate surface area is 294 Å². The second kappa shape index (κ2) is 12.4. The fourth-order valence-corrected chi connectivity index (χ4v) is 7.40. The molecule has 2 amide bonds. The molecule has 0 radical (unpaired) electrons. The summed E-state index contributed by atoms with van der Waals surface area (Å²) >= 11 is 0. The van der Waals surface area contributed by atoms with Crippen LogP contribution in [0.3, 0.4) is 0 Å². The van der Waals surface area contributed by atoms with Crippen LogP contribution in [0.5, 0.6) is 0 Å². The van der Waals surface area contributed by atoms with Crippen LogP contribution in [0.15, 0.2) is 48.5 Å². The topological polar surface area (TPSA) is 112 Å². The van der Waals surface area contributed by atoms with Crippen molar-refractivity contribution in [1.29, 1.82) is 0 Å². The van der Waals surface area contributed by atoms with Crippen LogP contribution in [0.25, 0.3) is 21.8 Å². The molecule has 7 rings (SSSR count). The number of amides is 2. The van der Waals surface area contributed by atoms with Crippen molar-refractivity contribution in [3.05, 3.63) is 65.5 Å². The molecule has 3 N–H and O–H groups in total. The summed E-state index contributed by atoms with van der Waals surface area (Å²) in [7, 11) is 0. The third-order valence-corrected chi connectivity index (χ3v) is 9.50. The molecule has 0 saturated carbocycles. The van der Waals surface area contributed by atoms with Gasteiger partial charge in [0.1, 0.15) is 23.2 Å². The summed E-state index contributed by atoms with van der Waals surface area (Å²) in [4.78, 5) is 38.1. The Morgan fingerprint density at radius 3 is 2.16 bits per heavy atom. The lowest BCUT2D eigenvalue weighted by Gasteiger charge is -2.31. The van der Waals surface area contributed by atoms with Crippen molar-refractivity contribution in [3.8, 4) is 11.8 Å². The molecule has 1 unspecified atom stereocenters. The van der Waals surface area contributed by atoms with Crippen molar-refractivity contribution >= 4 is 45.4 Å². The van der Waals surface area contributed by atoms with Crippen LogP contribution >= 0.6 is 0 Å². The van der Waals surface area contributed by atoms with Crippen molar-refractivity contribution in [3.63, 3.8) is 0 Å². The molecule has 262 valence electrons. The molecule has 0 spiro atoms. The van der Waals surface area contributed by atoms with Gasteiger partial charge in [-0.2, -0.15) is 0 Å². The van der Waals surface area contributed by atoms with Crippen molar-refractivity contribution in [2.75, 3.05) is 23.7 Å². The fourth-order valence-electron chi connectivity index (χ4n) is 7.40. The largest absolute Gasteiger partial charge is 0.444 e. The van der Waals surface area contributed by atoms with Gasteiger partial charge in [-0.15, -0.1) is 0 Å². The molecular formula is C40H48N6O4. The smallest absolute Gasteiger partial charge is 0.410 e. The number of anilines is 2. The molecule has 2 fully saturated rings. The molecule has 4 heterocycles. The monoisotopic (exact) mass is 676 g/mol. The second-order valence-corrected chi connectivity index (χ2v) is 16.3. The lowest BCUT2D eigenvalue weighted by Crippen LogP contribution is -2.49. The lowest BCUT2D eigenvalue weighted by atomic mass is 10.0. The number of fused-ring (bicyclic) bond motifs is 4. The zero-order chi connectivity index (χ0) is 35.5. The Hall–Kier alpha value is -4.91. The first-order valence-electron chi connectivity index (χ1n) is 17.7. The Kier molecular flexibility index (Phi) is 8.36. The van der Waals surface area contributed by atoms with Crippen LogP contribution in [0.4, 0.5) is 21.0 Å². The molecule has 10 nitrogen and oxygen atoms in total. The molecule has 3 aromatic carbocycles. The van der Waals surface area contributed by atoms with E-state index in [2.05, 4.69) is 65.6 Å². The van der Waals surface area contributed by atoms with Crippen LogP contribution in [0.2, 0.25) is 0 Å². The van der Waals surface area contributed by atoms with Gasteiger partial charge in [-0.25, -0.2) is 14.6 Å². The van der Waals surface area contributed by atoms with E-state index in [-0.39, 0.29) is 30.4 Å². The molecular weight excluding hydrogens is 628 g/mol. The molecule has 50 heavy (non-hydrogen) atoms. The van der Waals surface area contributed by atoms with Crippen molar-refractivity contribution in [1.82, 2.24) is 19.8 Å². The number of ether oxygens (including phenoxy) is 2. The minimum Gasteiger partial charge on any atom is -0.444 e. The van der Waals surface area contributed by atoms with Gasteiger partial charge in [0.25, 0.3) is 0 Å². The van der Waals surface area contributed by atoms with Gasteiger partial charge in [0.05, 0.1) is 34.5 Å². The van der Waals surface area contributed by atoms with E-state index in [4.69, 9.17) is 14.5 Å². The predicted octanol–water partition coefficient (Wildman–Crippen LogP) is 8.24. The van der Waals surface area contributed by atoms with E-state index in [9.17, 15) is 9.59 Å². The van der Waals surface area contributed by atoms with Gasteiger partial charge in [-0.05, 0) is 108 Å². The van der Waals surface area contributed by atoms with E-state index in [0.717, 1.165) is 63.0 Å². The maximum Gasteiger partial charge on any atom is 0.410 e. The van der Waals surface area contributed by atoms with Gasteiger partial charge in [-0.3, -0.25) is 4.90 Å². The van der Waals surface area contributed by atoms with Crippen molar-refractivity contribution < 1.29 is 19.1 Å². The van der Waals surface area contributed by atoms with Crippen LogP contribution in [0.1, 0.15) is 91.2 Å². The summed E-state index contributed by atoms with van der Waals surface area (Å²) in [6, 6.07) is 16.3. The Bertz CT molecular complexity index is 2030. The number of hydrogen-bond donors (Lipinski definition) is 3. The molecule has 0 bridgehead atoms. The number of nitrogens with one attached hydrogen (secondary N) is 3. The maximum absolute atomic E-state index is 13.1. The highest BCUT2D eigenvalue weighted by Gasteiger charge is 2.42. The van der Waals surface area contributed by atoms with Gasteiger partial charge >= 0.3 is 12.2 Å². The summed E-state index contributed by atoms with van der Waals surface area (Å²) in [6.45, 7) is 17.0. The van der Waals surface area contributed by atoms with Crippen LogP contribution in [-0.2, 0) is 9.47 Å².